The minimum Gasteiger partial charge on any atom is -0.490 e. The summed E-state index contributed by atoms with van der Waals surface area (Å²) in [6, 6.07) is 9.72. The molecule has 3 amide bonds. The largest absolute Gasteiger partial charge is 0.490 e. The summed E-state index contributed by atoms with van der Waals surface area (Å²) < 4.78 is 55.6. The molecule has 0 spiro atoms. The average molecular weight is 871 g/mol. The molecule has 0 saturated heterocycles. The Morgan fingerprint density at radius 2 is 1.72 bits per heavy atom. The minimum atomic E-state index is -1.44. The molecule has 4 aromatic rings. The first-order valence-corrected chi connectivity index (χ1v) is 17.7. The topological polar surface area (TPSA) is 212 Å². The number of aryl methyl sites for hydroxylation is 1. The van der Waals surface area contributed by atoms with Crippen LogP contribution in [0.2, 0.25) is 0 Å². The van der Waals surface area contributed by atoms with Crippen molar-refractivity contribution in [2.45, 2.75) is 20.3 Å². The minimum absolute atomic E-state index is 0.0150. The number of amides is 3. The maximum atomic E-state index is 15.0. The van der Waals surface area contributed by atoms with Crippen molar-refractivity contribution in [3.8, 4) is 5.75 Å². The Morgan fingerprint density at radius 1 is 0.962 bits per heavy atom. The Morgan fingerprint density at radius 3 is 2.40 bits per heavy atom. The summed E-state index contributed by atoms with van der Waals surface area (Å²) >= 11 is 2.62. The van der Waals surface area contributed by atoms with Crippen molar-refractivity contribution in [1.29, 1.82) is 0 Å². The molecule has 1 heterocycles. The zero-order valence-electron chi connectivity index (χ0n) is 28.2. The number of thiazole rings is 1. The van der Waals surface area contributed by atoms with E-state index in [2.05, 4.69) is 31.6 Å². The first-order chi connectivity index (χ1) is 25.2. The first kappa shape index (κ1) is 40.7. The number of hydrogen-bond donors (Lipinski definition) is 6. The van der Waals surface area contributed by atoms with E-state index in [0.717, 1.165) is 17.4 Å². The fourth-order valence-electron chi connectivity index (χ4n) is 4.69. The second kappa shape index (κ2) is 19.1. The van der Waals surface area contributed by atoms with Gasteiger partial charge in [0.1, 0.15) is 11.5 Å². The van der Waals surface area contributed by atoms with Crippen LogP contribution in [-0.4, -0.2) is 67.1 Å². The van der Waals surface area contributed by atoms with Gasteiger partial charge in [-0.1, -0.05) is 0 Å². The summed E-state index contributed by atoms with van der Waals surface area (Å²) in [6.07, 6.45) is 0.399. The van der Waals surface area contributed by atoms with Gasteiger partial charge in [-0.05, 0) is 96.3 Å². The van der Waals surface area contributed by atoms with Crippen LogP contribution in [0, 0.1) is 38.1 Å². The normalized spacial score (nSPS) is 10.8. The van der Waals surface area contributed by atoms with Gasteiger partial charge in [-0.25, -0.2) is 13.8 Å². The van der Waals surface area contributed by atoms with E-state index in [-0.39, 0.29) is 39.4 Å². The highest BCUT2D eigenvalue weighted by molar-refractivity contribution is 14.1. The molecule has 7 N–H and O–H groups in total. The van der Waals surface area contributed by atoms with Crippen LogP contribution in [0.1, 0.15) is 39.8 Å². The number of anilines is 5. The number of halogens is 4. The molecule has 0 unspecified atom stereocenters. The van der Waals surface area contributed by atoms with Crippen LogP contribution in [0.5, 0.6) is 5.75 Å². The van der Waals surface area contributed by atoms with Crippen molar-refractivity contribution in [1.82, 2.24) is 10.3 Å². The van der Waals surface area contributed by atoms with Crippen molar-refractivity contribution < 1.29 is 42.0 Å². The van der Waals surface area contributed by atoms with Gasteiger partial charge in [-0.3, -0.25) is 29.8 Å². The van der Waals surface area contributed by atoms with Crippen LogP contribution in [0.3, 0.4) is 0 Å². The molecule has 3 aromatic carbocycles. The maximum absolute atomic E-state index is 15.0. The molecule has 282 valence electrons. The lowest BCUT2D eigenvalue weighted by molar-refractivity contribution is -0.380. The summed E-state index contributed by atoms with van der Waals surface area (Å²) in [4.78, 5) is 51.2. The van der Waals surface area contributed by atoms with Gasteiger partial charge < -0.3 is 36.5 Å². The zero-order valence-corrected chi connectivity index (χ0v) is 31.2. The van der Waals surface area contributed by atoms with Gasteiger partial charge in [-0.2, -0.15) is 4.39 Å². The molecule has 1 aromatic heterocycles. The second-order valence-corrected chi connectivity index (χ2v) is 13.3. The van der Waals surface area contributed by atoms with Gasteiger partial charge in [0.15, 0.2) is 16.7 Å². The number of primary amides is 1. The number of nitrogens with zero attached hydrogens (tertiary/aromatic N) is 2. The summed E-state index contributed by atoms with van der Waals surface area (Å²) in [6.45, 7) is 4.73. The molecular weight excluding hydrogens is 836 g/mol. The fraction of sp³-hybridized carbons (Fsp3) is 0.273. The van der Waals surface area contributed by atoms with Crippen molar-refractivity contribution >= 4 is 84.5 Å². The third-order valence-corrected chi connectivity index (χ3v) is 8.81. The number of nitro groups is 1. The quantitative estimate of drug-likeness (QED) is 0.0282. The number of nitrogens with one attached hydrogen (secondary N) is 5. The van der Waals surface area contributed by atoms with Gasteiger partial charge >= 0.3 is 5.00 Å². The predicted octanol–water partition coefficient (Wildman–Crippen LogP) is 5.92. The Kier molecular flexibility index (Phi) is 14.7. The average Bonchev–Trinajstić information content (AvgIpc) is 3.46. The van der Waals surface area contributed by atoms with Gasteiger partial charge in [-0.15, -0.1) is 0 Å². The number of hydrogen-bond acceptors (Lipinski definition) is 12. The number of ether oxygens (including phenoxy) is 2. The van der Waals surface area contributed by atoms with Crippen LogP contribution in [0.4, 0.5) is 46.1 Å². The fourth-order valence-corrected chi connectivity index (χ4v) is 5.92. The molecule has 15 nitrogen and oxygen atoms in total. The predicted molar refractivity (Wildman–Crippen MR) is 202 cm³/mol. The van der Waals surface area contributed by atoms with E-state index in [0.29, 0.717) is 48.5 Å². The van der Waals surface area contributed by atoms with Crippen LogP contribution >= 0.6 is 33.9 Å². The molecule has 0 bridgehead atoms. The summed E-state index contributed by atoms with van der Waals surface area (Å²) in [7, 11) is 0. The number of rotatable bonds is 19. The Bertz CT molecular complexity index is 2000. The Labute approximate surface area is 318 Å². The standard InChI is InChI=1S/C33H34F3IN8O7S/c1-17-32(45(49)50)53-33(41-17)44-31(48)21-6-5-20(15-25(21)42-18(2)46)40-10-13-51-12-9-39-8-3-11-52-26-16-22(30(38)47)29(28(36)27(26)35)43-24-7-4-19(37)14-23(24)34/h4-7,14-16,39-40,43H,3,8-13H2,1-2H3,(H2,38,47)(H,42,46)(H,41,44,48). The van der Waals surface area contributed by atoms with Crippen molar-refractivity contribution in [3.63, 3.8) is 0 Å². The molecule has 0 aliphatic heterocycles. The lowest BCUT2D eigenvalue weighted by Crippen LogP contribution is -2.23. The molecule has 0 fully saturated rings. The van der Waals surface area contributed by atoms with Crippen LogP contribution in [0.25, 0.3) is 0 Å². The number of aromatic nitrogens is 1. The number of nitrogens with two attached hydrogens (primary N) is 1. The van der Waals surface area contributed by atoms with Gasteiger partial charge in [0.05, 0.1) is 52.9 Å². The Hall–Kier alpha value is -5.06. The smallest absolute Gasteiger partial charge is 0.348 e. The first-order valence-electron chi connectivity index (χ1n) is 15.8. The van der Waals surface area contributed by atoms with E-state index in [4.69, 9.17) is 15.2 Å². The van der Waals surface area contributed by atoms with Gasteiger partial charge in [0, 0.05) is 29.3 Å². The number of benzene rings is 3. The number of carbonyl (C=O) groups is 3. The summed E-state index contributed by atoms with van der Waals surface area (Å²) in [5, 5.41) is 24.8. The van der Waals surface area contributed by atoms with Crippen molar-refractivity contribution in [3.05, 3.63) is 90.4 Å². The second-order valence-electron chi connectivity index (χ2n) is 11.1. The zero-order chi connectivity index (χ0) is 38.7. The highest BCUT2D eigenvalue weighted by Gasteiger charge is 2.24. The van der Waals surface area contributed by atoms with E-state index in [1.54, 1.807) is 18.2 Å². The molecule has 53 heavy (non-hydrogen) atoms. The number of carbonyl (C=O) groups excluding carboxylic acids is 3. The highest BCUT2D eigenvalue weighted by Crippen LogP contribution is 2.34. The third-order valence-electron chi connectivity index (χ3n) is 7.12. The summed E-state index contributed by atoms with van der Waals surface area (Å²) in [5.41, 5.74) is 5.32. The van der Waals surface area contributed by atoms with Gasteiger partial charge in [0.25, 0.3) is 11.8 Å². The monoisotopic (exact) mass is 870 g/mol. The highest BCUT2D eigenvalue weighted by atomic mass is 127. The van der Waals surface area contributed by atoms with Crippen LogP contribution < -0.4 is 37.1 Å². The maximum Gasteiger partial charge on any atom is 0.348 e. The van der Waals surface area contributed by atoms with E-state index in [1.165, 1.54) is 32.0 Å². The lowest BCUT2D eigenvalue weighted by atomic mass is 10.1. The molecule has 0 saturated carbocycles. The van der Waals surface area contributed by atoms with E-state index >= 15 is 0 Å². The lowest BCUT2D eigenvalue weighted by Gasteiger charge is -2.16. The molecule has 0 aliphatic rings. The van der Waals surface area contributed by atoms with E-state index < -0.39 is 57.1 Å². The molecule has 0 radical (unpaired) electrons. The van der Waals surface area contributed by atoms with Crippen molar-refractivity contribution in [2.75, 3.05) is 60.7 Å². The molecule has 20 heteroatoms. The van der Waals surface area contributed by atoms with E-state index in [1.807, 2.05) is 22.6 Å². The van der Waals surface area contributed by atoms with Crippen LogP contribution in [0.15, 0.2) is 42.5 Å². The van der Waals surface area contributed by atoms with Crippen LogP contribution in [-0.2, 0) is 9.53 Å². The molecule has 4 rings (SSSR count). The third kappa shape index (κ3) is 11.5. The summed E-state index contributed by atoms with van der Waals surface area (Å²) in [5.74, 6) is -6.11. The van der Waals surface area contributed by atoms with E-state index in [9.17, 15) is 37.7 Å². The Balaban J connectivity index is 1.17. The van der Waals surface area contributed by atoms with Gasteiger partial charge in [0.2, 0.25) is 11.7 Å². The molecule has 0 atom stereocenters. The molecular formula is C33H34F3IN8O7S. The van der Waals surface area contributed by atoms with Crippen molar-refractivity contribution in [2.24, 2.45) is 5.73 Å². The molecule has 0 aliphatic carbocycles. The SMILES string of the molecule is CC(=O)Nc1cc(NCCOCCNCCCOc2cc(C(N)=O)c(Nc3ccc(I)cc3F)c(F)c2F)ccc1C(=O)Nc1nc(C)c([N+](=O)[O-])s1.